The first kappa shape index (κ1) is 13.5. The molecule has 1 fully saturated rings. The summed E-state index contributed by atoms with van der Waals surface area (Å²) < 4.78 is 0.609. The summed E-state index contributed by atoms with van der Waals surface area (Å²) in [6.07, 6.45) is 2.37. The van der Waals surface area contributed by atoms with Gasteiger partial charge in [-0.3, -0.25) is 15.0 Å². The molecule has 0 unspecified atom stereocenters. The lowest BCUT2D eigenvalue weighted by Crippen LogP contribution is -2.37. The summed E-state index contributed by atoms with van der Waals surface area (Å²) in [6, 6.07) is 5.23. The molecule has 5 heteroatoms. The standard InChI is InChI=1S/C13H17BrN2O2/c1-13(2)7-4-8-15(13)9-10-5-3-6-11(12(10)14)16(17)18/h3,5-6H,4,7-9H2,1-2H3. The molecule has 98 valence electrons. The van der Waals surface area contributed by atoms with Crippen LogP contribution in [0.15, 0.2) is 22.7 Å². The second-order valence-electron chi connectivity index (χ2n) is 5.34. The highest BCUT2D eigenvalue weighted by Crippen LogP contribution is 2.34. The van der Waals surface area contributed by atoms with Crippen LogP contribution in [-0.2, 0) is 6.54 Å². The van der Waals surface area contributed by atoms with E-state index in [-0.39, 0.29) is 16.1 Å². The van der Waals surface area contributed by atoms with Crippen molar-refractivity contribution >= 4 is 21.6 Å². The van der Waals surface area contributed by atoms with Crippen molar-refractivity contribution in [2.45, 2.75) is 38.8 Å². The fourth-order valence-electron chi connectivity index (χ4n) is 2.49. The zero-order valence-corrected chi connectivity index (χ0v) is 12.2. The Balaban J connectivity index is 2.25. The topological polar surface area (TPSA) is 46.4 Å². The minimum atomic E-state index is -0.345. The third-order valence-corrected chi connectivity index (χ3v) is 4.60. The third kappa shape index (κ3) is 2.57. The van der Waals surface area contributed by atoms with Crippen LogP contribution in [0.4, 0.5) is 5.69 Å². The van der Waals surface area contributed by atoms with E-state index in [1.54, 1.807) is 6.07 Å². The van der Waals surface area contributed by atoms with Gasteiger partial charge in [0.2, 0.25) is 0 Å². The Morgan fingerprint density at radius 3 is 2.78 bits per heavy atom. The van der Waals surface area contributed by atoms with Crippen molar-refractivity contribution in [1.29, 1.82) is 0 Å². The fraction of sp³-hybridized carbons (Fsp3) is 0.538. The van der Waals surface area contributed by atoms with E-state index in [4.69, 9.17) is 0 Å². The van der Waals surface area contributed by atoms with Crippen molar-refractivity contribution in [2.75, 3.05) is 6.54 Å². The Morgan fingerprint density at radius 1 is 1.50 bits per heavy atom. The van der Waals surface area contributed by atoms with Gasteiger partial charge in [0.05, 0.1) is 9.40 Å². The summed E-state index contributed by atoms with van der Waals surface area (Å²) in [6.45, 7) is 6.27. The number of nitro benzene ring substituents is 1. The molecule has 0 radical (unpaired) electrons. The highest BCUT2D eigenvalue weighted by atomic mass is 79.9. The van der Waals surface area contributed by atoms with Gasteiger partial charge in [-0.05, 0) is 54.7 Å². The highest BCUT2D eigenvalue weighted by molar-refractivity contribution is 9.10. The van der Waals surface area contributed by atoms with Gasteiger partial charge in [-0.1, -0.05) is 12.1 Å². The minimum absolute atomic E-state index is 0.143. The lowest BCUT2D eigenvalue weighted by atomic mass is 10.0. The number of likely N-dealkylation sites (tertiary alicyclic amines) is 1. The van der Waals surface area contributed by atoms with Gasteiger partial charge >= 0.3 is 0 Å². The van der Waals surface area contributed by atoms with Crippen LogP contribution in [0.1, 0.15) is 32.3 Å². The molecule has 0 bridgehead atoms. The van der Waals surface area contributed by atoms with Gasteiger partial charge in [0.25, 0.3) is 5.69 Å². The van der Waals surface area contributed by atoms with Gasteiger partial charge in [-0.25, -0.2) is 0 Å². The van der Waals surface area contributed by atoms with Gasteiger partial charge in [-0.2, -0.15) is 0 Å². The van der Waals surface area contributed by atoms with Crippen LogP contribution < -0.4 is 0 Å². The first-order chi connectivity index (χ1) is 8.42. The normalized spacial score (nSPS) is 19.1. The van der Waals surface area contributed by atoms with Crippen LogP contribution in [0, 0.1) is 10.1 Å². The maximum Gasteiger partial charge on any atom is 0.283 e. The van der Waals surface area contributed by atoms with E-state index >= 15 is 0 Å². The summed E-state index contributed by atoms with van der Waals surface area (Å²) in [7, 11) is 0. The zero-order chi connectivity index (χ0) is 13.3. The van der Waals surface area contributed by atoms with Gasteiger partial charge in [-0.15, -0.1) is 0 Å². The van der Waals surface area contributed by atoms with Crippen molar-refractivity contribution in [3.8, 4) is 0 Å². The quantitative estimate of drug-likeness (QED) is 0.631. The molecule has 1 aromatic rings. The van der Waals surface area contributed by atoms with Gasteiger partial charge < -0.3 is 0 Å². The van der Waals surface area contributed by atoms with Crippen LogP contribution in [0.2, 0.25) is 0 Å². The summed E-state index contributed by atoms with van der Waals surface area (Å²) in [4.78, 5) is 12.9. The molecule has 1 aliphatic rings. The van der Waals surface area contributed by atoms with Gasteiger partial charge in [0, 0.05) is 18.2 Å². The van der Waals surface area contributed by atoms with Crippen LogP contribution in [0.3, 0.4) is 0 Å². The second-order valence-corrected chi connectivity index (χ2v) is 6.14. The second kappa shape index (κ2) is 4.97. The van der Waals surface area contributed by atoms with Crippen molar-refractivity contribution in [2.24, 2.45) is 0 Å². The molecule has 1 heterocycles. The largest absolute Gasteiger partial charge is 0.294 e. The van der Waals surface area contributed by atoms with Gasteiger partial charge in [0.15, 0.2) is 0 Å². The maximum absolute atomic E-state index is 10.9. The lowest BCUT2D eigenvalue weighted by molar-refractivity contribution is -0.385. The molecule has 1 saturated heterocycles. The summed E-state index contributed by atoms with van der Waals surface area (Å²) in [5.74, 6) is 0. The van der Waals surface area contributed by atoms with Crippen molar-refractivity contribution < 1.29 is 4.92 Å². The SMILES string of the molecule is CC1(C)CCCN1Cc1cccc([N+](=O)[O-])c1Br. The van der Waals surface area contributed by atoms with Crippen LogP contribution >= 0.6 is 15.9 Å². The Hall–Kier alpha value is -0.940. The Bertz CT molecular complexity index is 474. The van der Waals surface area contributed by atoms with E-state index in [1.807, 2.05) is 6.07 Å². The monoisotopic (exact) mass is 312 g/mol. The third-order valence-electron chi connectivity index (χ3n) is 3.69. The molecule has 1 aliphatic heterocycles. The van der Waals surface area contributed by atoms with E-state index in [2.05, 4.69) is 34.7 Å². The van der Waals surface area contributed by atoms with Crippen LogP contribution in [0.5, 0.6) is 0 Å². The predicted molar refractivity (Wildman–Crippen MR) is 74.5 cm³/mol. The molecule has 0 amide bonds. The molecule has 0 N–H and O–H groups in total. The van der Waals surface area contributed by atoms with E-state index in [1.165, 1.54) is 18.9 Å². The first-order valence-electron chi connectivity index (χ1n) is 6.08. The number of hydrogen-bond acceptors (Lipinski definition) is 3. The minimum Gasteiger partial charge on any atom is -0.294 e. The van der Waals surface area contributed by atoms with E-state index < -0.39 is 0 Å². The maximum atomic E-state index is 10.9. The summed E-state index contributed by atoms with van der Waals surface area (Å²) in [5, 5.41) is 10.9. The molecule has 0 spiro atoms. The fourth-order valence-corrected chi connectivity index (χ4v) is 3.03. The molecule has 0 aliphatic carbocycles. The smallest absolute Gasteiger partial charge is 0.283 e. The summed E-state index contributed by atoms with van der Waals surface area (Å²) in [5.41, 5.74) is 1.31. The molecule has 18 heavy (non-hydrogen) atoms. The molecule has 4 nitrogen and oxygen atoms in total. The average Bonchev–Trinajstić information content (AvgIpc) is 2.61. The number of nitrogens with zero attached hydrogens (tertiary/aromatic N) is 2. The molecule has 0 saturated carbocycles. The summed E-state index contributed by atoms with van der Waals surface area (Å²) >= 11 is 3.36. The van der Waals surface area contributed by atoms with Crippen molar-refractivity contribution in [3.63, 3.8) is 0 Å². The Kier molecular flexibility index (Phi) is 3.73. The van der Waals surface area contributed by atoms with E-state index in [0.29, 0.717) is 4.47 Å². The number of nitro groups is 1. The Labute approximate surface area is 115 Å². The highest BCUT2D eigenvalue weighted by Gasteiger charge is 2.32. The van der Waals surface area contributed by atoms with Crippen LogP contribution in [-0.4, -0.2) is 21.9 Å². The zero-order valence-electron chi connectivity index (χ0n) is 10.6. The molecule has 0 atom stereocenters. The van der Waals surface area contributed by atoms with Gasteiger partial charge in [0.1, 0.15) is 0 Å². The van der Waals surface area contributed by atoms with Crippen molar-refractivity contribution in [3.05, 3.63) is 38.3 Å². The average molecular weight is 313 g/mol. The Morgan fingerprint density at radius 2 is 2.22 bits per heavy atom. The van der Waals surface area contributed by atoms with E-state index in [0.717, 1.165) is 18.7 Å². The molecule has 0 aromatic heterocycles. The molecule has 2 rings (SSSR count). The molecule has 1 aromatic carbocycles. The number of halogens is 1. The lowest BCUT2D eigenvalue weighted by Gasteiger charge is -2.31. The number of hydrogen-bond donors (Lipinski definition) is 0. The first-order valence-corrected chi connectivity index (χ1v) is 6.88. The number of rotatable bonds is 3. The van der Waals surface area contributed by atoms with Crippen molar-refractivity contribution in [1.82, 2.24) is 4.90 Å². The van der Waals surface area contributed by atoms with E-state index in [9.17, 15) is 10.1 Å². The number of benzene rings is 1. The molecular formula is C13H17BrN2O2. The predicted octanol–water partition coefficient (Wildman–Crippen LogP) is 3.73. The van der Waals surface area contributed by atoms with Crippen LogP contribution in [0.25, 0.3) is 0 Å². The molecular weight excluding hydrogens is 296 g/mol.